The van der Waals surface area contributed by atoms with Crippen molar-refractivity contribution < 1.29 is 14.3 Å². The van der Waals surface area contributed by atoms with Crippen molar-refractivity contribution in [3.8, 4) is 11.8 Å². The van der Waals surface area contributed by atoms with Gasteiger partial charge in [-0.15, -0.1) is 0 Å². The maximum atomic E-state index is 10.7. The number of hydrogen-bond acceptors (Lipinski definition) is 4. The van der Waals surface area contributed by atoms with Crippen LogP contribution in [0.2, 0.25) is 0 Å². The molecule has 1 aromatic carbocycles. The Labute approximate surface area is 92.6 Å². The van der Waals surface area contributed by atoms with Crippen LogP contribution in [0.5, 0.6) is 5.75 Å². The number of alkyl carbamates (subject to hydrolysis) is 1. The molecule has 0 spiro atoms. The highest BCUT2D eigenvalue weighted by molar-refractivity contribution is 5.69. The Hall–Kier alpha value is -2.22. The minimum absolute atomic E-state index is 0.247. The topological polar surface area (TPSA) is 71.3 Å². The van der Waals surface area contributed by atoms with Crippen LogP contribution in [0.4, 0.5) is 4.79 Å². The lowest BCUT2D eigenvalue weighted by Gasteiger charge is -2.10. The second-order valence-corrected chi connectivity index (χ2v) is 3.33. The maximum Gasteiger partial charge on any atom is 0.407 e. The number of amides is 1. The fourth-order valence-corrected chi connectivity index (χ4v) is 1.39. The number of para-hydroxylation sites is 1. The molecule has 1 fully saturated rings. The molecule has 0 saturated carbocycles. The predicted octanol–water partition coefficient (Wildman–Crippen LogP) is 1.05. The van der Waals surface area contributed by atoms with Crippen molar-refractivity contribution in [2.45, 2.75) is 6.10 Å². The minimum atomic E-state index is -0.429. The number of nitriles is 1. The van der Waals surface area contributed by atoms with Crippen LogP contribution in [0.3, 0.4) is 0 Å². The Morgan fingerprint density at radius 1 is 1.56 bits per heavy atom. The van der Waals surface area contributed by atoms with Gasteiger partial charge < -0.3 is 14.8 Å². The van der Waals surface area contributed by atoms with Gasteiger partial charge in [-0.05, 0) is 12.1 Å². The van der Waals surface area contributed by atoms with Crippen LogP contribution < -0.4 is 10.1 Å². The molecule has 1 aliphatic rings. The van der Waals surface area contributed by atoms with Gasteiger partial charge in [-0.25, -0.2) is 4.79 Å². The molecule has 1 heterocycles. The fraction of sp³-hybridized carbons (Fsp3) is 0.273. The summed E-state index contributed by atoms with van der Waals surface area (Å²) < 4.78 is 10.3. The van der Waals surface area contributed by atoms with Gasteiger partial charge in [0.05, 0.1) is 12.1 Å². The van der Waals surface area contributed by atoms with Crippen LogP contribution >= 0.6 is 0 Å². The molecule has 5 nitrogen and oxygen atoms in total. The van der Waals surface area contributed by atoms with Crippen LogP contribution in [0.1, 0.15) is 5.56 Å². The Balaban J connectivity index is 1.95. The molecule has 1 unspecified atom stereocenters. The first kappa shape index (κ1) is 10.3. The summed E-state index contributed by atoms with van der Waals surface area (Å²) in [6, 6.07) is 8.97. The highest BCUT2D eigenvalue weighted by Crippen LogP contribution is 2.17. The summed E-state index contributed by atoms with van der Waals surface area (Å²) in [6.45, 7) is 0.686. The summed E-state index contributed by atoms with van der Waals surface area (Å²) >= 11 is 0. The van der Waals surface area contributed by atoms with E-state index in [1.54, 1.807) is 24.3 Å². The van der Waals surface area contributed by atoms with E-state index >= 15 is 0 Å². The van der Waals surface area contributed by atoms with Gasteiger partial charge in [0.1, 0.15) is 18.4 Å². The van der Waals surface area contributed by atoms with E-state index in [1.165, 1.54) is 0 Å². The number of ether oxygens (including phenoxy) is 2. The number of rotatable bonds is 3. The average molecular weight is 218 g/mol. The molecule has 5 heteroatoms. The lowest BCUT2D eigenvalue weighted by molar-refractivity contribution is 0.105. The summed E-state index contributed by atoms with van der Waals surface area (Å²) in [6.07, 6.45) is -0.721. The van der Waals surface area contributed by atoms with Crippen molar-refractivity contribution >= 4 is 6.09 Å². The Morgan fingerprint density at radius 2 is 2.38 bits per heavy atom. The molecule has 1 aliphatic heterocycles. The highest BCUT2D eigenvalue weighted by Gasteiger charge is 2.23. The summed E-state index contributed by atoms with van der Waals surface area (Å²) in [7, 11) is 0. The smallest absolute Gasteiger partial charge is 0.407 e. The standard InChI is InChI=1S/C11H10N2O3/c12-5-8-3-1-2-4-10(8)15-7-9-6-13-11(14)16-9/h1-4,9H,6-7H2,(H,13,14). The van der Waals surface area contributed by atoms with Gasteiger partial charge in [0, 0.05) is 0 Å². The molecule has 1 saturated heterocycles. The lowest BCUT2D eigenvalue weighted by atomic mass is 10.2. The van der Waals surface area contributed by atoms with E-state index in [-0.39, 0.29) is 12.7 Å². The molecule has 16 heavy (non-hydrogen) atoms. The molecule has 1 amide bonds. The summed E-state index contributed by atoms with van der Waals surface area (Å²) in [5, 5.41) is 11.4. The van der Waals surface area contributed by atoms with Gasteiger partial charge >= 0.3 is 6.09 Å². The van der Waals surface area contributed by atoms with Crippen molar-refractivity contribution in [1.82, 2.24) is 5.32 Å². The van der Waals surface area contributed by atoms with Gasteiger partial charge in [-0.2, -0.15) is 5.26 Å². The molecule has 0 radical (unpaired) electrons. The molecule has 0 bridgehead atoms. The molecular weight excluding hydrogens is 208 g/mol. The van der Waals surface area contributed by atoms with Crippen molar-refractivity contribution in [3.05, 3.63) is 29.8 Å². The summed E-state index contributed by atoms with van der Waals surface area (Å²) in [5.74, 6) is 0.507. The number of carbonyl (C=O) groups excluding carboxylic acids is 1. The van der Waals surface area contributed by atoms with Crippen LogP contribution in [0, 0.1) is 11.3 Å². The summed E-state index contributed by atoms with van der Waals surface area (Å²) in [5.41, 5.74) is 0.472. The molecule has 2 rings (SSSR count). The van der Waals surface area contributed by atoms with Gasteiger partial charge in [-0.1, -0.05) is 12.1 Å². The van der Waals surface area contributed by atoms with Crippen molar-refractivity contribution in [2.24, 2.45) is 0 Å². The van der Waals surface area contributed by atoms with E-state index in [9.17, 15) is 4.79 Å². The quantitative estimate of drug-likeness (QED) is 0.822. The normalized spacial score (nSPS) is 18.4. The SMILES string of the molecule is N#Cc1ccccc1OCC1CNC(=O)O1. The number of cyclic esters (lactones) is 1. The molecule has 0 aromatic heterocycles. The third-order valence-corrected chi connectivity index (χ3v) is 2.18. The fourth-order valence-electron chi connectivity index (χ4n) is 1.39. The third kappa shape index (κ3) is 2.23. The van der Waals surface area contributed by atoms with Crippen LogP contribution in [-0.2, 0) is 4.74 Å². The van der Waals surface area contributed by atoms with E-state index < -0.39 is 6.09 Å². The summed E-state index contributed by atoms with van der Waals surface area (Å²) in [4.78, 5) is 10.7. The van der Waals surface area contributed by atoms with Crippen molar-refractivity contribution in [2.75, 3.05) is 13.2 Å². The lowest BCUT2D eigenvalue weighted by Crippen LogP contribution is -2.22. The first-order chi connectivity index (χ1) is 7.79. The Kier molecular flexibility index (Phi) is 2.92. The first-order valence-electron chi connectivity index (χ1n) is 4.86. The number of benzene rings is 1. The van der Waals surface area contributed by atoms with Crippen LogP contribution in [0.15, 0.2) is 24.3 Å². The minimum Gasteiger partial charge on any atom is -0.488 e. The second-order valence-electron chi connectivity index (χ2n) is 3.33. The third-order valence-electron chi connectivity index (χ3n) is 2.18. The van der Waals surface area contributed by atoms with Gasteiger partial charge in [0.2, 0.25) is 0 Å². The number of nitrogens with zero attached hydrogens (tertiary/aromatic N) is 1. The molecule has 1 atom stereocenters. The van der Waals surface area contributed by atoms with E-state index in [1.807, 2.05) is 6.07 Å². The van der Waals surface area contributed by atoms with Crippen molar-refractivity contribution in [3.63, 3.8) is 0 Å². The molecular formula is C11H10N2O3. The molecule has 82 valence electrons. The zero-order valence-electron chi connectivity index (χ0n) is 8.47. The number of hydrogen-bond donors (Lipinski definition) is 1. The Bertz CT molecular complexity index is 439. The predicted molar refractivity (Wildman–Crippen MR) is 54.9 cm³/mol. The second kappa shape index (κ2) is 4.53. The molecule has 0 aliphatic carbocycles. The Morgan fingerprint density at radius 3 is 3.06 bits per heavy atom. The number of nitrogens with one attached hydrogen (secondary N) is 1. The van der Waals surface area contributed by atoms with E-state index in [4.69, 9.17) is 14.7 Å². The van der Waals surface area contributed by atoms with Crippen LogP contribution in [-0.4, -0.2) is 25.3 Å². The zero-order chi connectivity index (χ0) is 11.4. The van der Waals surface area contributed by atoms with E-state index in [0.29, 0.717) is 17.9 Å². The molecule has 1 N–H and O–H groups in total. The van der Waals surface area contributed by atoms with Crippen LogP contribution in [0.25, 0.3) is 0 Å². The highest BCUT2D eigenvalue weighted by atomic mass is 16.6. The molecule has 1 aromatic rings. The first-order valence-corrected chi connectivity index (χ1v) is 4.86. The van der Waals surface area contributed by atoms with Crippen molar-refractivity contribution in [1.29, 1.82) is 5.26 Å². The number of carbonyl (C=O) groups is 1. The zero-order valence-corrected chi connectivity index (χ0v) is 8.47. The monoisotopic (exact) mass is 218 g/mol. The van der Waals surface area contributed by atoms with E-state index in [0.717, 1.165) is 0 Å². The maximum absolute atomic E-state index is 10.7. The van der Waals surface area contributed by atoms with Gasteiger partial charge in [0.15, 0.2) is 6.10 Å². The largest absolute Gasteiger partial charge is 0.488 e. The average Bonchev–Trinajstić information content (AvgIpc) is 2.73. The van der Waals surface area contributed by atoms with Gasteiger partial charge in [0.25, 0.3) is 0 Å². The van der Waals surface area contributed by atoms with E-state index in [2.05, 4.69) is 5.32 Å². The van der Waals surface area contributed by atoms with Gasteiger partial charge in [-0.3, -0.25) is 0 Å².